The Bertz CT molecular complexity index is 818. The molecule has 0 unspecified atom stereocenters. The fraction of sp³-hybridized carbons (Fsp3) is 0.471. The number of halogens is 1. The maximum Gasteiger partial charge on any atom is 0.413 e. The zero-order chi connectivity index (χ0) is 20.7. The zero-order valence-electron chi connectivity index (χ0n) is 15.2. The van der Waals surface area contributed by atoms with Crippen LogP contribution in [0.1, 0.15) is 19.8 Å². The molecule has 1 aromatic rings. The van der Waals surface area contributed by atoms with Gasteiger partial charge in [-0.15, -0.1) is 0 Å². The lowest BCUT2D eigenvalue weighted by Gasteiger charge is -2.30. The number of rotatable bonds is 6. The molecule has 0 spiro atoms. The number of imide groups is 1. The Morgan fingerprint density at radius 1 is 1.14 bits per heavy atom. The van der Waals surface area contributed by atoms with Crippen LogP contribution in [0.15, 0.2) is 29.2 Å². The third-order valence-corrected chi connectivity index (χ3v) is 6.01. The zero-order valence-corrected chi connectivity index (χ0v) is 16.0. The van der Waals surface area contributed by atoms with Gasteiger partial charge >= 0.3 is 12.1 Å². The summed E-state index contributed by atoms with van der Waals surface area (Å²) in [5.74, 6) is -2.55. The summed E-state index contributed by atoms with van der Waals surface area (Å²) >= 11 is 0. The highest BCUT2D eigenvalue weighted by molar-refractivity contribution is 7.89. The maximum atomic E-state index is 13.0. The molecule has 1 aromatic carbocycles. The van der Waals surface area contributed by atoms with Crippen molar-refractivity contribution in [3.63, 3.8) is 0 Å². The number of carbonyl (C=O) groups excluding carboxylic acids is 3. The highest BCUT2D eigenvalue weighted by atomic mass is 32.2. The number of piperidine rings is 1. The van der Waals surface area contributed by atoms with E-state index in [1.807, 2.05) is 5.32 Å². The highest BCUT2D eigenvalue weighted by Crippen LogP contribution is 2.24. The molecule has 11 heteroatoms. The Morgan fingerprint density at radius 2 is 1.75 bits per heavy atom. The predicted octanol–water partition coefficient (Wildman–Crippen LogP) is 1.04. The van der Waals surface area contributed by atoms with Gasteiger partial charge in [-0.3, -0.25) is 14.9 Å². The van der Waals surface area contributed by atoms with E-state index >= 15 is 0 Å². The Balaban J connectivity index is 1.82. The maximum absolute atomic E-state index is 13.0. The molecular formula is C17H21FN2O7S. The number of hydrogen-bond acceptors (Lipinski definition) is 7. The van der Waals surface area contributed by atoms with Crippen LogP contribution in [-0.2, 0) is 29.1 Å². The number of esters is 1. The number of nitrogens with zero attached hydrogens (tertiary/aromatic N) is 1. The smallest absolute Gasteiger partial charge is 0.413 e. The third-order valence-electron chi connectivity index (χ3n) is 4.10. The van der Waals surface area contributed by atoms with Gasteiger partial charge in [-0.1, -0.05) is 0 Å². The van der Waals surface area contributed by atoms with E-state index in [-0.39, 0.29) is 37.4 Å². The first-order chi connectivity index (χ1) is 13.2. The monoisotopic (exact) mass is 416 g/mol. The average Bonchev–Trinajstić information content (AvgIpc) is 2.66. The molecule has 1 aliphatic rings. The van der Waals surface area contributed by atoms with Crippen LogP contribution >= 0.6 is 0 Å². The van der Waals surface area contributed by atoms with Crippen molar-refractivity contribution >= 4 is 28.0 Å². The lowest BCUT2D eigenvalue weighted by molar-refractivity contribution is -0.153. The Kier molecular flexibility index (Phi) is 7.46. The van der Waals surface area contributed by atoms with Crippen LogP contribution in [0.2, 0.25) is 0 Å². The second kappa shape index (κ2) is 9.60. The molecule has 28 heavy (non-hydrogen) atoms. The molecule has 1 N–H and O–H groups in total. The highest BCUT2D eigenvalue weighted by Gasteiger charge is 2.33. The van der Waals surface area contributed by atoms with E-state index in [0.29, 0.717) is 0 Å². The largest absolute Gasteiger partial charge is 0.455 e. The quantitative estimate of drug-likeness (QED) is 0.688. The van der Waals surface area contributed by atoms with Gasteiger partial charge in [0.25, 0.3) is 5.91 Å². The molecule has 1 fully saturated rings. The van der Waals surface area contributed by atoms with Crippen LogP contribution in [0.25, 0.3) is 0 Å². The first kappa shape index (κ1) is 21.8. The molecule has 0 radical (unpaired) electrons. The number of amides is 2. The van der Waals surface area contributed by atoms with Crippen molar-refractivity contribution in [2.75, 3.05) is 26.3 Å². The van der Waals surface area contributed by atoms with E-state index in [1.54, 1.807) is 6.92 Å². The minimum atomic E-state index is -3.77. The summed E-state index contributed by atoms with van der Waals surface area (Å²) in [7, 11) is -3.77. The molecule has 2 rings (SSSR count). The molecule has 0 aromatic heterocycles. The van der Waals surface area contributed by atoms with Crippen LogP contribution in [0.4, 0.5) is 9.18 Å². The van der Waals surface area contributed by atoms with Gasteiger partial charge in [0.2, 0.25) is 10.0 Å². The lowest BCUT2D eigenvalue weighted by Crippen LogP contribution is -2.41. The molecule has 0 atom stereocenters. The third kappa shape index (κ3) is 5.73. The Labute approximate surface area is 161 Å². The Hall–Kier alpha value is -2.53. The molecule has 2 amide bonds. The number of sulfonamides is 1. The van der Waals surface area contributed by atoms with E-state index in [4.69, 9.17) is 4.74 Å². The predicted molar refractivity (Wildman–Crippen MR) is 94.0 cm³/mol. The van der Waals surface area contributed by atoms with E-state index in [1.165, 1.54) is 16.4 Å². The van der Waals surface area contributed by atoms with Crippen molar-refractivity contribution in [2.45, 2.75) is 24.7 Å². The van der Waals surface area contributed by atoms with E-state index in [2.05, 4.69) is 4.74 Å². The second-order valence-corrected chi connectivity index (χ2v) is 7.95. The number of hydrogen-bond donors (Lipinski definition) is 1. The summed E-state index contributed by atoms with van der Waals surface area (Å²) in [4.78, 5) is 34.6. The van der Waals surface area contributed by atoms with Crippen molar-refractivity contribution in [2.24, 2.45) is 5.92 Å². The summed E-state index contributed by atoms with van der Waals surface area (Å²) in [6, 6.07) is 4.51. The number of alkyl carbamates (subject to hydrolysis) is 1. The fourth-order valence-electron chi connectivity index (χ4n) is 2.66. The summed E-state index contributed by atoms with van der Waals surface area (Å²) in [6.07, 6.45) is -0.486. The summed E-state index contributed by atoms with van der Waals surface area (Å²) in [6.45, 7) is 1.22. The van der Waals surface area contributed by atoms with Crippen LogP contribution in [0.5, 0.6) is 0 Å². The lowest BCUT2D eigenvalue weighted by atomic mass is 9.98. The van der Waals surface area contributed by atoms with Gasteiger partial charge < -0.3 is 9.47 Å². The van der Waals surface area contributed by atoms with Gasteiger partial charge in [0.1, 0.15) is 5.82 Å². The van der Waals surface area contributed by atoms with E-state index < -0.39 is 46.3 Å². The van der Waals surface area contributed by atoms with Crippen LogP contribution in [-0.4, -0.2) is 57.0 Å². The van der Waals surface area contributed by atoms with Gasteiger partial charge in [0.15, 0.2) is 6.61 Å². The normalized spacial score (nSPS) is 15.6. The Morgan fingerprint density at radius 3 is 2.32 bits per heavy atom. The summed E-state index contributed by atoms with van der Waals surface area (Å²) in [5.41, 5.74) is 0. The van der Waals surface area contributed by atoms with Crippen molar-refractivity contribution < 1.29 is 36.7 Å². The minimum Gasteiger partial charge on any atom is -0.455 e. The second-order valence-electron chi connectivity index (χ2n) is 6.01. The van der Waals surface area contributed by atoms with Crippen LogP contribution in [0.3, 0.4) is 0 Å². The summed E-state index contributed by atoms with van der Waals surface area (Å²) < 4.78 is 48.7. The topological polar surface area (TPSA) is 119 Å². The van der Waals surface area contributed by atoms with Gasteiger partial charge in [0, 0.05) is 13.1 Å². The average molecular weight is 416 g/mol. The molecular weight excluding hydrogens is 395 g/mol. The molecule has 0 bridgehead atoms. The van der Waals surface area contributed by atoms with Crippen molar-refractivity contribution in [1.29, 1.82) is 0 Å². The fourth-order valence-corrected chi connectivity index (χ4v) is 4.13. The molecule has 1 aliphatic heterocycles. The van der Waals surface area contributed by atoms with Gasteiger partial charge in [-0.05, 0) is 44.0 Å². The standard InChI is InChI=1S/C17H21FN2O7S/c1-2-26-17(23)19-15(21)11-27-16(22)12-7-9-20(10-8-12)28(24,25)14-5-3-13(18)4-6-14/h3-6,12H,2,7-11H2,1H3,(H,19,21,23). The molecule has 1 saturated heterocycles. The van der Waals surface area contributed by atoms with Gasteiger partial charge in [-0.2, -0.15) is 4.31 Å². The molecule has 154 valence electrons. The molecule has 9 nitrogen and oxygen atoms in total. The molecule has 0 saturated carbocycles. The van der Waals surface area contributed by atoms with E-state index in [9.17, 15) is 27.2 Å². The molecule has 0 aliphatic carbocycles. The number of nitrogens with one attached hydrogen (secondary N) is 1. The molecule has 1 heterocycles. The minimum absolute atomic E-state index is 0.0226. The SMILES string of the molecule is CCOC(=O)NC(=O)COC(=O)C1CCN(S(=O)(=O)c2ccc(F)cc2)CC1. The van der Waals surface area contributed by atoms with Gasteiger partial charge in [-0.25, -0.2) is 17.6 Å². The number of carbonyl (C=O) groups is 3. The van der Waals surface area contributed by atoms with E-state index in [0.717, 1.165) is 12.1 Å². The summed E-state index contributed by atoms with van der Waals surface area (Å²) in [5, 5.41) is 1.90. The van der Waals surface area contributed by atoms with Crippen LogP contribution in [0, 0.1) is 11.7 Å². The van der Waals surface area contributed by atoms with Crippen LogP contribution < -0.4 is 5.32 Å². The van der Waals surface area contributed by atoms with Crippen molar-refractivity contribution in [3.05, 3.63) is 30.1 Å². The van der Waals surface area contributed by atoms with Gasteiger partial charge in [0.05, 0.1) is 17.4 Å². The van der Waals surface area contributed by atoms with Crippen molar-refractivity contribution in [1.82, 2.24) is 9.62 Å². The first-order valence-corrected chi connectivity index (χ1v) is 10.1. The number of ether oxygens (including phenoxy) is 2. The van der Waals surface area contributed by atoms with Crippen molar-refractivity contribution in [3.8, 4) is 0 Å². The number of benzene rings is 1. The first-order valence-electron chi connectivity index (χ1n) is 8.63.